The Labute approximate surface area is 135 Å². The zero-order valence-corrected chi connectivity index (χ0v) is 13.6. The molecule has 120 valence electrons. The maximum Gasteiger partial charge on any atom is 0.255 e. The van der Waals surface area contributed by atoms with Crippen LogP contribution in [-0.2, 0) is 6.42 Å². The number of nitrogens with one attached hydrogen (secondary N) is 1. The van der Waals surface area contributed by atoms with Crippen LogP contribution in [0.3, 0.4) is 0 Å². The third kappa shape index (κ3) is 3.04. The number of carbonyl (C=O) groups is 1. The quantitative estimate of drug-likeness (QED) is 0.947. The van der Waals surface area contributed by atoms with Gasteiger partial charge in [0.25, 0.3) is 11.5 Å². The lowest BCUT2D eigenvalue weighted by Crippen LogP contribution is -2.27. The minimum atomic E-state index is -0.0500. The predicted molar refractivity (Wildman–Crippen MR) is 89.5 cm³/mol. The monoisotopic (exact) mass is 311 g/mol. The normalized spacial score (nSPS) is 14.3. The fourth-order valence-corrected chi connectivity index (χ4v) is 3.04. The molecule has 1 aliphatic rings. The molecule has 5 heteroatoms. The van der Waals surface area contributed by atoms with Crippen LogP contribution in [0.2, 0.25) is 0 Å². The van der Waals surface area contributed by atoms with Gasteiger partial charge in [0.2, 0.25) is 0 Å². The number of hydrogen-bond donors (Lipinski definition) is 1. The molecule has 1 amide bonds. The Hall–Kier alpha value is -2.43. The lowest BCUT2D eigenvalue weighted by Gasteiger charge is -2.15. The van der Waals surface area contributed by atoms with Crippen molar-refractivity contribution in [1.29, 1.82) is 0 Å². The number of aryl methyl sites for hydroxylation is 2. The molecule has 23 heavy (non-hydrogen) atoms. The van der Waals surface area contributed by atoms with Crippen molar-refractivity contribution in [2.75, 3.05) is 13.1 Å². The molecule has 0 bridgehead atoms. The van der Waals surface area contributed by atoms with Gasteiger partial charge in [0.1, 0.15) is 0 Å². The topological polar surface area (TPSA) is 66.1 Å². The fraction of sp³-hybridized carbons (Fsp3) is 0.389. The number of nitrogens with zero attached hydrogens (tertiary/aromatic N) is 2. The minimum absolute atomic E-state index is 0.0367. The second-order valence-electron chi connectivity index (χ2n) is 5.98. The average molecular weight is 311 g/mol. The van der Waals surface area contributed by atoms with Crippen LogP contribution in [0.4, 0.5) is 0 Å². The summed E-state index contributed by atoms with van der Waals surface area (Å²) in [5.74, 6) is 0.0367. The molecule has 1 N–H and O–H groups in total. The van der Waals surface area contributed by atoms with E-state index < -0.39 is 0 Å². The van der Waals surface area contributed by atoms with Crippen LogP contribution < -0.4 is 5.56 Å². The highest BCUT2D eigenvalue weighted by Crippen LogP contribution is 2.23. The molecule has 0 saturated carbocycles. The van der Waals surface area contributed by atoms with Crippen LogP contribution in [0.1, 0.15) is 41.4 Å². The first-order chi connectivity index (χ1) is 11.1. The summed E-state index contributed by atoms with van der Waals surface area (Å²) in [6.45, 7) is 5.46. The van der Waals surface area contributed by atoms with E-state index in [-0.39, 0.29) is 11.5 Å². The number of H-pyrrole nitrogens is 1. The molecular weight excluding hydrogens is 290 g/mol. The van der Waals surface area contributed by atoms with Crippen molar-refractivity contribution >= 4 is 5.91 Å². The van der Waals surface area contributed by atoms with Crippen LogP contribution in [0.5, 0.6) is 0 Å². The first kappa shape index (κ1) is 15.5. The SMILES string of the molecule is CCc1cc(-c2cncc(C(=O)N3CCCC3)c2)c(C)[nH]c1=O. The van der Waals surface area contributed by atoms with E-state index in [1.807, 2.05) is 30.9 Å². The number of aromatic nitrogens is 2. The van der Waals surface area contributed by atoms with Gasteiger partial charge in [-0.2, -0.15) is 0 Å². The summed E-state index contributed by atoms with van der Waals surface area (Å²) >= 11 is 0. The molecule has 0 spiro atoms. The number of amides is 1. The molecule has 2 aromatic rings. The Balaban J connectivity index is 2.00. The number of pyridine rings is 2. The Morgan fingerprint density at radius 3 is 2.70 bits per heavy atom. The molecule has 3 rings (SSSR count). The van der Waals surface area contributed by atoms with E-state index in [2.05, 4.69) is 9.97 Å². The van der Waals surface area contributed by atoms with Crippen LogP contribution in [0.25, 0.3) is 11.1 Å². The molecule has 0 atom stereocenters. The third-order valence-electron chi connectivity index (χ3n) is 4.39. The Morgan fingerprint density at radius 1 is 1.26 bits per heavy atom. The molecule has 0 radical (unpaired) electrons. The van der Waals surface area contributed by atoms with Gasteiger partial charge in [-0.25, -0.2) is 0 Å². The zero-order chi connectivity index (χ0) is 16.4. The zero-order valence-electron chi connectivity index (χ0n) is 13.6. The molecule has 1 fully saturated rings. The van der Waals surface area contributed by atoms with Gasteiger partial charge >= 0.3 is 0 Å². The highest BCUT2D eigenvalue weighted by Gasteiger charge is 2.20. The van der Waals surface area contributed by atoms with Gasteiger partial charge in [-0.15, -0.1) is 0 Å². The van der Waals surface area contributed by atoms with E-state index in [4.69, 9.17) is 0 Å². The third-order valence-corrected chi connectivity index (χ3v) is 4.39. The van der Waals surface area contributed by atoms with Crippen LogP contribution in [-0.4, -0.2) is 33.9 Å². The van der Waals surface area contributed by atoms with Crippen LogP contribution in [0, 0.1) is 6.92 Å². The van der Waals surface area contributed by atoms with E-state index >= 15 is 0 Å². The van der Waals surface area contributed by atoms with Gasteiger partial charge in [-0.05, 0) is 38.3 Å². The molecule has 0 aliphatic carbocycles. The van der Waals surface area contributed by atoms with E-state index in [0.717, 1.165) is 48.3 Å². The number of likely N-dealkylation sites (tertiary alicyclic amines) is 1. The Kier molecular flexibility index (Phi) is 4.28. The van der Waals surface area contributed by atoms with Gasteiger partial charge in [-0.3, -0.25) is 14.6 Å². The molecule has 1 aliphatic heterocycles. The van der Waals surface area contributed by atoms with E-state index in [9.17, 15) is 9.59 Å². The largest absolute Gasteiger partial charge is 0.339 e. The van der Waals surface area contributed by atoms with E-state index in [0.29, 0.717) is 12.0 Å². The fourth-order valence-electron chi connectivity index (χ4n) is 3.04. The van der Waals surface area contributed by atoms with Crippen molar-refractivity contribution in [3.63, 3.8) is 0 Å². The summed E-state index contributed by atoms with van der Waals surface area (Å²) in [5.41, 5.74) is 3.87. The van der Waals surface area contributed by atoms with Crippen molar-refractivity contribution in [3.8, 4) is 11.1 Å². The first-order valence-corrected chi connectivity index (χ1v) is 8.07. The second kappa shape index (κ2) is 6.36. The average Bonchev–Trinajstić information content (AvgIpc) is 3.09. The van der Waals surface area contributed by atoms with Crippen LogP contribution in [0.15, 0.2) is 29.3 Å². The van der Waals surface area contributed by atoms with Gasteiger partial charge in [0, 0.05) is 47.9 Å². The van der Waals surface area contributed by atoms with Gasteiger partial charge in [0.05, 0.1) is 5.56 Å². The predicted octanol–water partition coefficient (Wildman–Crippen LogP) is 2.54. The van der Waals surface area contributed by atoms with Crippen molar-refractivity contribution in [1.82, 2.24) is 14.9 Å². The van der Waals surface area contributed by atoms with Gasteiger partial charge in [-0.1, -0.05) is 6.92 Å². The smallest absolute Gasteiger partial charge is 0.255 e. The van der Waals surface area contributed by atoms with Crippen molar-refractivity contribution in [2.45, 2.75) is 33.1 Å². The lowest BCUT2D eigenvalue weighted by molar-refractivity contribution is 0.0792. The highest BCUT2D eigenvalue weighted by molar-refractivity contribution is 5.95. The number of hydrogen-bond acceptors (Lipinski definition) is 3. The molecule has 5 nitrogen and oxygen atoms in total. The molecular formula is C18H21N3O2. The summed E-state index contributed by atoms with van der Waals surface area (Å²) in [6.07, 6.45) is 6.16. The Morgan fingerprint density at radius 2 is 2.00 bits per heavy atom. The number of carbonyl (C=O) groups excluding carboxylic acids is 1. The van der Waals surface area contributed by atoms with Crippen LogP contribution >= 0.6 is 0 Å². The Bertz CT molecular complexity index is 789. The maximum atomic E-state index is 12.5. The molecule has 1 saturated heterocycles. The standard InChI is InChI=1S/C18H21N3O2/c1-3-13-9-16(12(2)20-17(13)22)14-8-15(11-19-10-14)18(23)21-6-4-5-7-21/h8-11H,3-7H2,1-2H3,(H,20,22). The first-order valence-electron chi connectivity index (χ1n) is 8.07. The van der Waals surface area contributed by atoms with Crippen molar-refractivity contribution < 1.29 is 4.79 Å². The number of aromatic amines is 1. The lowest BCUT2D eigenvalue weighted by atomic mass is 10.0. The van der Waals surface area contributed by atoms with Gasteiger partial charge in [0.15, 0.2) is 0 Å². The number of rotatable bonds is 3. The second-order valence-corrected chi connectivity index (χ2v) is 5.98. The van der Waals surface area contributed by atoms with Crippen molar-refractivity contribution in [2.24, 2.45) is 0 Å². The van der Waals surface area contributed by atoms with Gasteiger partial charge < -0.3 is 9.88 Å². The van der Waals surface area contributed by atoms with Crippen molar-refractivity contribution in [3.05, 3.63) is 51.7 Å². The summed E-state index contributed by atoms with van der Waals surface area (Å²) < 4.78 is 0. The molecule has 2 aromatic heterocycles. The van der Waals surface area contributed by atoms with E-state index in [1.165, 1.54) is 0 Å². The molecule has 0 aromatic carbocycles. The summed E-state index contributed by atoms with van der Waals surface area (Å²) in [7, 11) is 0. The summed E-state index contributed by atoms with van der Waals surface area (Å²) in [6, 6.07) is 3.77. The summed E-state index contributed by atoms with van der Waals surface area (Å²) in [5, 5.41) is 0. The molecule has 0 unspecified atom stereocenters. The van der Waals surface area contributed by atoms with E-state index in [1.54, 1.807) is 12.4 Å². The summed E-state index contributed by atoms with van der Waals surface area (Å²) in [4.78, 5) is 33.4. The highest BCUT2D eigenvalue weighted by atomic mass is 16.2. The minimum Gasteiger partial charge on any atom is -0.339 e. The maximum absolute atomic E-state index is 12.5. The molecule has 3 heterocycles.